The van der Waals surface area contributed by atoms with Crippen molar-refractivity contribution in [3.05, 3.63) is 29.8 Å². The number of carbonyl (C=O) groups excluding carboxylic acids is 1. The van der Waals surface area contributed by atoms with Gasteiger partial charge in [0.15, 0.2) is 5.78 Å². The average Bonchev–Trinajstić information content (AvgIpc) is 2.27. The van der Waals surface area contributed by atoms with Crippen LogP contribution in [0.1, 0.15) is 49.9 Å². The van der Waals surface area contributed by atoms with Gasteiger partial charge in [-0.3, -0.25) is 9.78 Å². The third kappa shape index (κ3) is 2.54. The molecule has 1 unspecified atom stereocenters. The Morgan fingerprint density at radius 2 is 2.18 bits per heavy atom. The van der Waals surface area contributed by atoms with Crippen LogP contribution in [0.3, 0.4) is 0 Å². The van der Waals surface area contributed by atoms with Gasteiger partial charge in [-0.15, -0.1) is 0 Å². The Balaban J connectivity index is 2.25. The molecule has 1 heterocycles. The summed E-state index contributed by atoms with van der Waals surface area (Å²) in [5, 5.41) is 0. The number of pyridine rings is 1. The average molecular weight is 235 g/mol. The molecule has 1 fully saturated rings. The van der Waals surface area contributed by atoms with E-state index in [1.54, 1.807) is 0 Å². The van der Waals surface area contributed by atoms with Crippen molar-refractivity contribution in [3.63, 3.8) is 0 Å². The molecule has 17 heavy (non-hydrogen) atoms. The van der Waals surface area contributed by atoms with Crippen LogP contribution < -0.4 is 0 Å². The third-order valence-electron chi connectivity index (χ3n) is 3.81. The maximum absolute atomic E-state index is 13.1. The Labute approximate surface area is 101 Å². The molecule has 1 atom stereocenters. The second-order valence-corrected chi connectivity index (χ2v) is 5.54. The van der Waals surface area contributed by atoms with E-state index in [1.807, 2.05) is 0 Å². The van der Waals surface area contributed by atoms with Gasteiger partial charge >= 0.3 is 0 Å². The summed E-state index contributed by atoms with van der Waals surface area (Å²) in [7, 11) is 0. The van der Waals surface area contributed by atoms with E-state index in [4.69, 9.17) is 0 Å². The highest BCUT2D eigenvalue weighted by molar-refractivity contribution is 5.98. The molecule has 1 aromatic rings. The molecular formula is C14H18FNO. The fraction of sp³-hybridized carbons (Fsp3) is 0.571. The van der Waals surface area contributed by atoms with Gasteiger partial charge in [0.25, 0.3) is 0 Å². The lowest BCUT2D eigenvalue weighted by molar-refractivity contribution is 0.0696. The van der Waals surface area contributed by atoms with Crippen molar-refractivity contribution < 1.29 is 9.18 Å². The predicted molar refractivity (Wildman–Crippen MR) is 64.3 cm³/mol. The summed E-state index contributed by atoms with van der Waals surface area (Å²) in [5.74, 6) is -0.397. The Morgan fingerprint density at radius 1 is 1.41 bits per heavy atom. The van der Waals surface area contributed by atoms with Crippen LogP contribution in [0.15, 0.2) is 18.5 Å². The van der Waals surface area contributed by atoms with E-state index in [0.29, 0.717) is 5.56 Å². The Hall–Kier alpha value is -1.25. The summed E-state index contributed by atoms with van der Waals surface area (Å²) in [6.07, 6.45) is 6.83. The number of carbonyl (C=O) groups is 1. The van der Waals surface area contributed by atoms with Crippen LogP contribution in [0.2, 0.25) is 0 Å². The number of halogens is 1. The first kappa shape index (κ1) is 12.2. The first-order valence-electron chi connectivity index (χ1n) is 6.15. The van der Waals surface area contributed by atoms with Gasteiger partial charge in [-0.05, 0) is 24.3 Å². The summed E-state index contributed by atoms with van der Waals surface area (Å²) < 4.78 is 13.1. The molecule has 0 bridgehead atoms. The summed E-state index contributed by atoms with van der Waals surface area (Å²) >= 11 is 0. The van der Waals surface area contributed by atoms with Crippen molar-refractivity contribution in [2.75, 3.05) is 0 Å². The minimum Gasteiger partial charge on any atom is -0.294 e. The maximum Gasteiger partial charge on any atom is 0.168 e. The Morgan fingerprint density at radius 3 is 2.82 bits per heavy atom. The highest BCUT2D eigenvalue weighted by atomic mass is 19.1. The summed E-state index contributed by atoms with van der Waals surface area (Å²) in [5.41, 5.74) is 0.423. The molecule has 0 N–H and O–H groups in total. The van der Waals surface area contributed by atoms with Crippen molar-refractivity contribution in [2.24, 2.45) is 11.3 Å². The van der Waals surface area contributed by atoms with Gasteiger partial charge in [0.1, 0.15) is 5.82 Å². The molecule has 0 amide bonds. The number of ketones is 1. The van der Waals surface area contributed by atoms with Crippen LogP contribution in [-0.2, 0) is 0 Å². The van der Waals surface area contributed by atoms with Crippen molar-refractivity contribution in [3.8, 4) is 0 Å². The number of rotatable bonds is 2. The zero-order valence-electron chi connectivity index (χ0n) is 10.4. The van der Waals surface area contributed by atoms with Crippen LogP contribution in [0.5, 0.6) is 0 Å². The van der Waals surface area contributed by atoms with Crippen LogP contribution >= 0.6 is 0 Å². The number of nitrogens with zero attached hydrogens (tertiary/aromatic N) is 1. The van der Waals surface area contributed by atoms with E-state index < -0.39 is 5.82 Å². The number of Topliss-reactive ketones (excluding diaryl/α,β-unsaturated/α-hetero) is 1. The topological polar surface area (TPSA) is 30.0 Å². The fourth-order valence-corrected chi connectivity index (χ4v) is 2.73. The van der Waals surface area contributed by atoms with E-state index in [-0.39, 0.29) is 17.1 Å². The van der Waals surface area contributed by atoms with Crippen LogP contribution in [0.25, 0.3) is 0 Å². The molecular weight excluding hydrogens is 217 g/mol. The molecule has 92 valence electrons. The van der Waals surface area contributed by atoms with E-state index in [9.17, 15) is 9.18 Å². The van der Waals surface area contributed by atoms with Crippen molar-refractivity contribution in [1.82, 2.24) is 4.98 Å². The standard InChI is InChI=1S/C14H18FNO/c1-14(2)6-4-3-5-12(14)13(17)10-7-11(15)9-16-8-10/h7-9,12H,3-6H2,1-2H3. The molecule has 1 saturated carbocycles. The zero-order chi connectivity index (χ0) is 12.5. The van der Waals surface area contributed by atoms with Crippen LogP contribution in [0, 0.1) is 17.2 Å². The van der Waals surface area contributed by atoms with Crippen LogP contribution in [0.4, 0.5) is 4.39 Å². The lowest BCUT2D eigenvalue weighted by Gasteiger charge is -2.37. The Kier molecular flexibility index (Phi) is 3.27. The normalized spacial score (nSPS) is 23.4. The molecule has 1 aromatic heterocycles. The lowest BCUT2D eigenvalue weighted by atomic mass is 9.66. The molecule has 1 aliphatic carbocycles. The van der Waals surface area contributed by atoms with E-state index >= 15 is 0 Å². The lowest BCUT2D eigenvalue weighted by Crippen LogP contribution is -2.34. The first-order chi connectivity index (χ1) is 8.00. The maximum atomic E-state index is 13.1. The summed E-state index contributed by atoms with van der Waals surface area (Å²) in [4.78, 5) is 16.1. The molecule has 0 radical (unpaired) electrons. The minimum absolute atomic E-state index is 0.000139. The highest BCUT2D eigenvalue weighted by Crippen LogP contribution is 2.42. The molecule has 3 heteroatoms. The van der Waals surface area contributed by atoms with E-state index in [1.165, 1.54) is 18.7 Å². The number of aromatic nitrogens is 1. The van der Waals surface area contributed by atoms with Crippen molar-refractivity contribution >= 4 is 5.78 Å². The monoisotopic (exact) mass is 235 g/mol. The molecule has 2 nitrogen and oxygen atoms in total. The first-order valence-corrected chi connectivity index (χ1v) is 6.15. The molecule has 0 aromatic carbocycles. The highest BCUT2D eigenvalue weighted by Gasteiger charge is 2.37. The molecule has 1 aliphatic rings. The van der Waals surface area contributed by atoms with E-state index in [0.717, 1.165) is 25.5 Å². The van der Waals surface area contributed by atoms with Gasteiger partial charge in [0, 0.05) is 17.7 Å². The smallest absolute Gasteiger partial charge is 0.168 e. The van der Waals surface area contributed by atoms with E-state index in [2.05, 4.69) is 18.8 Å². The van der Waals surface area contributed by atoms with Crippen molar-refractivity contribution in [1.29, 1.82) is 0 Å². The summed E-state index contributed by atoms with van der Waals surface area (Å²) in [6, 6.07) is 1.29. The minimum atomic E-state index is -0.440. The Bertz CT molecular complexity index is 428. The molecule has 0 aliphatic heterocycles. The number of hydrogen-bond donors (Lipinski definition) is 0. The van der Waals surface area contributed by atoms with Gasteiger partial charge in [-0.25, -0.2) is 4.39 Å². The fourth-order valence-electron chi connectivity index (χ4n) is 2.73. The van der Waals surface area contributed by atoms with Crippen molar-refractivity contribution in [2.45, 2.75) is 39.5 Å². The summed E-state index contributed by atoms with van der Waals surface area (Å²) in [6.45, 7) is 4.25. The quantitative estimate of drug-likeness (QED) is 0.733. The predicted octanol–water partition coefficient (Wildman–Crippen LogP) is 3.62. The second kappa shape index (κ2) is 4.55. The van der Waals surface area contributed by atoms with Gasteiger partial charge in [0.2, 0.25) is 0 Å². The largest absolute Gasteiger partial charge is 0.294 e. The van der Waals surface area contributed by atoms with Gasteiger partial charge in [-0.2, -0.15) is 0 Å². The molecule has 0 saturated heterocycles. The molecule has 2 rings (SSSR count). The third-order valence-corrected chi connectivity index (χ3v) is 3.81. The second-order valence-electron chi connectivity index (χ2n) is 5.54. The van der Waals surface area contributed by atoms with Gasteiger partial charge in [-0.1, -0.05) is 26.7 Å². The van der Waals surface area contributed by atoms with Gasteiger partial charge in [0.05, 0.1) is 6.20 Å². The number of hydrogen-bond acceptors (Lipinski definition) is 2. The van der Waals surface area contributed by atoms with Gasteiger partial charge < -0.3 is 0 Å². The SMILES string of the molecule is CC1(C)CCCCC1C(=O)c1cncc(F)c1. The zero-order valence-corrected chi connectivity index (χ0v) is 10.4. The van der Waals surface area contributed by atoms with Crippen LogP contribution in [-0.4, -0.2) is 10.8 Å². The molecule has 0 spiro atoms.